The zero-order chi connectivity index (χ0) is 24.8. The summed E-state index contributed by atoms with van der Waals surface area (Å²) < 4.78 is 26.0. The maximum atomic E-state index is 13.4. The van der Waals surface area contributed by atoms with E-state index in [-0.39, 0.29) is 24.2 Å². The molecule has 1 N–H and O–H groups in total. The highest BCUT2D eigenvalue weighted by Crippen LogP contribution is 2.23. The van der Waals surface area contributed by atoms with Gasteiger partial charge in [0.2, 0.25) is 21.8 Å². The van der Waals surface area contributed by atoms with Crippen molar-refractivity contribution in [2.24, 2.45) is 0 Å². The molecule has 0 heterocycles. The number of hydrogen-bond acceptors (Lipinski definition) is 4. The van der Waals surface area contributed by atoms with E-state index in [1.165, 1.54) is 11.0 Å². The minimum Gasteiger partial charge on any atom is -0.352 e. The van der Waals surface area contributed by atoms with Gasteiger partial charge >= 0.3 is 0 Å². The van der Waals surface area contributed by atoms with E-state index >= 15 is 0 Å². The normalized spacial score (nSPS) is 13.2. The molecule has 0 radical (unpaired) electrons. The molecule has 2 rings (SSSR count). The molecule has 0 aromatic heterocycles. The summed E-state index contributed by atoms with van der Waals surface area (Å²) in [7, 11) is -3.81. The van der Waals surface area contributed by atoms with Gasteiger partial charge in [0.1, 0.15) is 12.6 Å². The summed E-state index contributed by atoms with van der Waals surface area (Å²) in [5.74, 6) is -0.884. The van der Waals surface area contributed by atoms with Crippen LogP contribution in [0.1, 0.15) is 32.8 Å². The fourth-order valence-corrected chi connectivity index (χ4v) is 4.32. The number of rotatable bonds is 10. The summed E-state index contributed by atoms with van der Waals surface area (Å²) in [6.07, 6.45) is 1.74. The zero-order valence-corrected chi connectivity index (χ0v) is 21.4. The highest BCUT2D eigenvalue weighted by Gasteiger charge is 2.30. The summed E-state index contributed by atoms with van der Waals surface area (Å²) in [4.78, 5) is 27.6. The number of carbonyl (C=O) groups excluding carboxylic acids is 2. The summed E-state index contributed by atoms with van der Waals surface area (Å²) >= 11 is 12.3. The molecule has 2 unspecified atom stereocenters. The van der Waals surface area contributed by atoms with Crippen molar-refractivity contribution in [1.29, 1.82) is 0 Å². The summed E-state index contributed by atoms with van der Waals surface area (Å²) in [6.45, 7) is 4.97. The van der Waals surface area contributed by atoms with E-state index in [1.54, 1.807) is 49.4 Å². The molecule has 2 amide bonds. The fraction of sp³-hybridized carbons (Fsp3) is 0.391. The van der Waals surface area contributed by atoms with Crippen molar-refractivity contribution >= 4 is 50.7 Å². The lowest BCUT2D eigenvalue weighted by molar-refractivity contribution is -0.139. The molecule has 0 saturated heterocycles. The molecule has 0 saturated carbocycles. The topological polar surface area (TPSA) is 86.8 Å². The van der Waals surface area contributed by atoms with E-state index in [2.05, 4.69) is 5.32 Å². The van der Waals surface area contributed by atoms with Crippen molar-refractivity contribution in [2.45, 2.75) is 45.8 Å². The number of anilines is 1. The molecule has 0 spiro atoms. The quantitative estimate of drug-likeness (QED) is 0.518. The first-order valence-corrected chi connectivity index (χ1v) is 13.1. The number of sulfonamides is 1. The lowest BCUT2D eigenvalue weighted by Crippen LogP contribution is -2.52. The molecule has 0 bridgehead atoms. The van der Waals surface area contributed by atoms with Crippen LogP contribution >= 0.6 is 23.2 Å². The van der Waals surface area contributed by atoms with Crippen molar-refractivity contribution in [3.63, 3.8) is 0 Å². The fourth-order valence-electron chi connectivity index (χ4n) is 3.10. The molecule has 2 aromatic rings. The number of hydrogen-bond donors (Lipinski definition) is 1. The Labute approximate surface area is 205 Å². The van der Waals surface area contributed by atoms with Crippen LogP contribution in [0, 0.1) is 0 Å². The van der Waals surface area contributed by atoms with Crippen molar-refractivity contribution in [1.82, 2.24) is 10.2 Å². The Hall–Kier alpha value is -2.29. The van der Waals surface area contributed by atoms with Crippen LogP contribution in [0.15, 0.2) is 48.5 Å². The van der Waals surface area contributed by atoms with E-state index in [0.717, 1.165) is 17.0 Å². The Bertz CT molecular complexity index is 1090. The van der Waals surface area contributed by atoms with E-state index in [1.807, 2.05) is 13.8 Å². The van der Waals surface area contributed by atoms with Crippen molar-refractivity contribution in [3.8, 4) is 0 Å². The van der Waals surface area contributed by atoms with E-state index in [4.69, 9.17) is 23.2 Å². The summed E-state index contributed by atoms with van der Waals surface area (Å²) in [5, 5.41) is 3.65. The lowest BCUT2D eigenvalue weighted by atomic mass is 10.1. The SMILES string of the molecule is CCC(C)NC(=O)C(C)N(Cc1ccccc1Cl)C(=O)CN(c1cccc(Cl)c1)S(C)(=O)=O. The van der Waals surface area contributed by atoms with E-state index < -0.39 is 28.5 Å². The molecule has 0 aliphatic carbocycles. The van der Waals surface area contributed by atoms with Crippen molar-refractivity contribution in [2.75, 3.05) is 17.1 Å². The second-order valence-electron chi connectivity index (χ2n) is 7.86. The molecule has 2 atom stereocenters. The Kier molecular flexibility index (Phi) is 9.57. The van der Waals surface area contributed by atoms with Gasteiger partial charge in [-0.2, -0.15) is 0 Å². The Balaban J connectivity index is 2.40. The maximum absolute atomic E-state index is 13.4. The monoisotopic (exact) mass is 513 g/mol. The average molecular weight is 514 g/mol. The maximum Gasteiger partial charge on any atom is 0.244 e. The predicted octanol–water partition coefficient (Wildman–Crippen LogP) is 4.09. The Morgan fingerprint density at radius 1 is 1.06 bits per heavy atom. The van der Waals surface area contributed by atoms with Crippen LogP contribution in [0.2, 0.25) is 10.0 Å². The number of amides is 2. The van der Waals surface area contributed by atoms with Crippen LogP contribution in [0.25, 0.3) is 0 Å². The van der Waals surface area contributed by atoms with Crippen LogP contribution in [-0.2, 0) is 26.2 Å². The third-order valence-corrected chi connectivity index (χ3v) is 6.99. The van der Waals surface area contributed by atoms with Crippen molar-refractivity contribution < 1.29 is 18.0 Å². The van der Waals surface area contributed by atoms with Gasteiger partial charge in [0.15, 0.2) is 0 Å². The standard InChI is InChI=1S/C23H29Cl2N3O4S/c1-5-16(2)26-23(30)17(3)27(14-18-9-6-7-12-21(18)25)22(29)15-28(33(4,31)32)20-11-8-10-19(24)13-20/h6-13,16-17H,5,14-15H2,1-4H3,(H,26,30). The highest BCUT2D eigenvalue weighted by atomic mass is 35.5. The number of nitrogens with one attached hydrogen (secondary N) is 1. The largest absolute Gasteiger partial charge is 0.352 e. The smallest absolute Gasteiger partial charge is 0.244 e. The van der Waals surface area contributed by atoms with Gasteiger partial charge < -0.3 is 10.2 Å². The minimum absolute atomic E-state index is 0.0424. The van der Waals surface area contributed by atoms with Crippen LogP contribution in [0.5, 0.6) is 0 Å². The third-order valence-electron chi connectivity index (χ3n) is 5.24. The zero-order valence-electron chi connectivity index (χ0n) is 19.1. The lowest BCUT2D eigenvalue weighted by Gasteiger charge is -2.32. The predicted molar refractivity (Wildman–Crippen MR) is 133 cm³/mol. The van der Waals surface area contributed by atoms with E-state index in [0.29, 0.717) is 15.6 Å². The summed E-state index contributed by atoms with van der Waals surface area (Å²) in [6, 6.07) is 12.3. The van der Waals surface area contributed by atoms with Gasteiger partial charge in [-0.05, 0) is 50.1 Å². The van der Waals surface area contributed by atoms with Gasteiger partial charge in [-0.25, -0.2) is 8.42 Å². The van der Waals surface area contributed by atoms with Gasteiger partial charge in [0.05, 0.1) is 11.9 Å². The molecule has 0 fully saturated rings. The molecule has 10 heteroatoms. The third kappa shape index (κ3) is 7.62. The molecular weight excluding hydrogens is 485 g/mol. The molecule has 2 aromatic carbocycles. The number of benzene rings is 2. The molecule has 0 aliphatic heterocycles. The van der Waals surface area contributed by atoms with Crippen LogP contribution in [0.4, 0.5) is 5.69 Å². The highest BCUT2D eigenvalue weighted by molar-refractivity contribution is 7.92. The molecule has 7 nitrogen and oxygen atoms in total. The average Bonchev–Trinajstić information content (AvgIpc) is 2.75. The van der Waals surface area contributed by atoms with Gasteiger partial charge in [-0.15, -0.1) is 0 Å². The van der Waals surface area contributed by atoms with E-state index in [9.17, 15) is 18.0 Å². The van der Waals surface area contributed by atoms with Gasteiger partial charge in [0, 0.05) is 22.6 Å². The first-order valence-electron chi connectivity index (χ1n) is 10.5. The Morgan fingerprint density at radius 3 is 2.30 bits per heavy atom. The first kappa shape index (κ1) is 27.0. The number of halogens is 2. The second kappa shape index (κ2) is 11.7. The molecule has 180 valence electrons. The number of nitrogens with zero attached hydrogens (tertiary/aromatic N) is 2. The second-order valence-corrected chi connectivity index (χ2v) is 10.6. The first-order chi connectivity index (χ1) is 15.4. The van der Waals surface area contributed by atoms with Crippen LogP contribution in [-0.4, -0.2) is 50.0 Å². The molecule has 0 aliphatic rings. The summed E-state index contributed by atoms with van der Waals surface area (Å²) in [5.41, 5.74) is 0.900. The van der Waals surface area contributed by atoms with Crippen molar-refractivity contribution in [3.05, 3.63) is 64.1 Å². The van der Waals surface area contributed by atoms with Gasteiger partial charge in [0.25, 0.3) is 0 Å². The minimum atomic E-state index is -3.81. The van der Waals surface area contributed by atoms with Crippen LogP contribution < -0.4 is 9.62 Å². The van der Waals surface area contributed by atoms with Gasteiger partial charge in [-0.3, -0.25) is 13.9 Å². The number of carbonyl (C=O) groups is 2. The Morgan fingerprint density at radius 2 is 1.73 bits per heavy atom. The molecule has 33 heavy (non-hydrogen) atoms. The molecular formula is C23H29Cl2N3O4S. The van der Waals surface area contributed by atoms with Crippen LogP contribution in [0.3, 0.4) is 0 Å². The van der Waals surface area contributed by atoms with Gasteiger partial charge in [-0.1, -0.05) is 54.4 Å².